The molecule has 2 heterocycles. The lowest BCUT2D eigenvalue weighted by Gasteiger charge is -2.16. The summed E-state index contributed by atoms with van der Waals surface area (Å²) >= 11 is 1.33. The van der Waals surface area contributed by atoms with Crippen molar-refractivity contribution in [2.75, 3.05) is 22.5 Å². The van der Waals surface area contributed by atoms with Crippen LogP contribution < -0.4 is 10.2 Å². The average Bonchev–Trinajstić information content (AvgIpc) is 3.44. The van der Waals surface area contributed by atoms with Gasteiger partial charge in [-0.2, -0.15) is 0 Å². The van der Waals surface area contributed by atoms with Crippen molar-refractivity contribution in [3.8, 4) is 0 Å². The molecular weight excluding hydrogens is 374 g/mol. The molecule has 1 saturated carbocycles. The van der Waals surface area contributed by atoms with E-state index in [9.17, 15) is 9.59 Å². The van der Waals surface area contributed by atoms with E-state index in [4.69, 9.17) is 0 Å². The molecule has 2 N–H and O–H groups in total. The van der Waals surface area contributed by atoms with Crippen LogP contribution in [-0.2, 0) is 16.0 Å². The number of anilines is 2. The lowest BCUT2D eigenvalue weighted by molar-refractivity contribution is -0.117. The van der Waals surface area contributed by atoms with Gasteiger partial charge in [0.1, 0.15) is 5.82 Å². The predicted molar refractivity (Wildman–Crippen MR) is 109 cm³/mol. The highest BCUT2D eigenvalue weighted by Crippen LogP contribution is 2.27. The monoisotopic (exact) mass is 399 g/mol. The molecule has 2 aliphatic rings. The largest absolute Gasteiger partial charge is 0.325 e. The number of carbonyl (C=O) groups is 2. The van der Waals surface area contributed by atoms with Crippen molar-refractivity contribution in [1.29, 1.82) is 0 Å². The number of hydrogen-bond donors (Lipinski definition) is 2. The van der Waals surface area contributed by atoms with Crippen molar-refractivity contribution in [2.45, 2.75) is 50.1 Å². The Hall–Kier alpha value is -2.35. The van der Waals surface area contributed by atoms with Crippen LogP contribution in [0.4, 0.5) is 11.4 Å². The van der Waals surface area contributed by atoms with Gasteiger partial charge in [-0.15, -0.1) is 5.10 Å². The van der Waals surface area contributed by atoms with Gasteiger partial charge in [0.15, 0.2) is 0 Å². The van der Waals surface area contributed by atoms with Crippen LogP contribution in [0.2, 0.25) is 0 Å². The third-order valence-corrected chi connectivity index (χ3v) is 6.18. The van der Waals surface area contributed by atoms with Crippen LogP contribution in [0.15, 0.2) is 29.4 Å². The van der Waals surface area contributed by atoms with E-state index < -0.39 is 0 Å². The van der Waals surface area contributed by atoms with Gasteiger partial charge in [-0.1, -0.05) is 37.4 Å². The third-order valence-electron chi connectivity index (χ3n) is 5.34. The summed E-state index contributed by atoms with van der Waals surface area (Å²) in [5.74, 6) is 1.95. The van der Waals surface area contributed by atoms with E-state index in [0.29, 0.717) is 17.5 Å². The summed E-state index contributed by atoms with van der Waals surface area (Å²) < 4.78 is 0. The molecule has 0 spiro atoms. The zero-order valence-electron chi connectivity index (χ0n) is 15.8. The smallest absolute Gasteiger partial charge is 0.234 e. The Labute approximate surface area is 168 Å². The van der Waals surface area contributed by atoms with E-state index >= 15 is 0 Å². The number of nitrogens with zero attached hydrogens (tertiary/aromatic N) is 3. The van der Waals surface area contributed by atoms with Gasteiger partial charge in [0.05, 0.1) is 5.75 Å². The summed E-state index contributed by atoms with van der Waals surface area (Å²) in [6.45, 7) is 0.764. The van der Waals surface area contributed by atoms with Gasteiger partial charge in [0.2, 0.25) is 17.0 Å². The molecule has 28 heavy (non-hydrogen) atoms. The first-order valence-corrected chi connectivity index (χ1v) is 10.9. The number of rotatable bonds is 7. The molecule has 2 aromatic rings. The van der Waals surface area contributed by atoms with E-state index in [2.05, 4.69) is 20.5 Å². The summed E-state index contributed by atoms with van der Waals surface area (Å²) in [7, 11) is 0. The molecule has 1 saturated heterocycles. The number of hydrogen-bond acceptors (Lipinski definition) is 5. The first kappa shape index (κ1) is 19.0. The molecule has 1 aliphatic heterocycles. The standard InChI is InChI=1S/C20H25N5O2S/c26-18(13-28-20-22-17(23-24-20)12-14-4-1-2-5-14)21-15-7-9-16(10-8-15)25-11-3-6-19(25)27/h7-10,14H,1-6,11-13H2,(H,21,26)(H,22,23,24). The second-order valence-electron chi connectivity index (χ2n) is 7.45. The second-order valence-corrected chi connectivity index (χ2v) is 8.39. The molecule has 0 unspecified atom stereocenters. The van der Waals surface area contributed by atoms with Gasteiger partial charge in [-0.3, -0.25) is 14.7 Å². The van der Waals surface area contributed by atoms with E-state index in [1.807, 2.05) is 24.3 Å². The van der Waals surface area contributed by atoms with E-state index in [0.717, 1.165) is 36.6 Å². The minimum absolute atomic E-state index is 0.0999. The van der Waals surface area contributed by atoms with Crippen LogP contribution in [0.3, 0.4) is 0 Å². The van der Waals surface area contributed by atoms with Crippen LogP contribution >= 0.6 is 11.8 Å². The molecule has 2 amide bonds. The van der Waals surface area contributed by atoms with Crippen molar-refractivity contribution in [1.82, 2.24) is 15.2 Å². The molecule has 1 aromatic carbocycles. The highest BCUT2D eigenvalue weighted by molar-refractivity contribution is 7.99. The predicted octanol–water partition coefficient (Wildman–Crippen LogP) is 3.40. The molecule has 1 aliphatic carbocycles. The number of thioether (sulfide) groups is 1. The third kappa shape index (κ3) is 4.73. The molecular formula is C20H25N5O2S. The summed E-state index contributed by atoms with van der Waals surface area (Å²) in [6.07, 6.45) is 7.64. The first-order valence-electron chi connectivity index (χ1n) is 9.92. The van der Waals surface area contributed by atoms with Crippen molar-refractivity contribution >= 4 is 35.0 Å². The Balaban J connectivity index is 1.24. The van der Waals surface area contributed by atoms with Crippen molar-refractivity contribution in [2.24, 2.45) is 5.92 Å². The van der Waals surface area contributed by atoms with Gasteiger partial charge in [-0.05, 0) is 36.6 Å². The van der Waals surface area contributed by atoms with Crippen LogP contribution in [0.5, 0.6) is 0 Å². The minimum atomic E-state index is -0.0999. The maximum absolute atomic E-state index is 12.2. The average molecular weight is 400 g/mol. The number of aromatic amines is 1. The molecule has 0 radical (unpaired) electrons. The Kier molecular flexibility index (Phi) is 5.95. The number of amides is 2. The van der Waals surface area contributed by atoms with E-state index in [-0.39, 0.29) is 17.6 Å². The van der Waals surface area contributed by atoms with Crippen LogP contribution in [0.1, 0.15) is 44.3 Å². The number of H-pyrrole nitrogens is 1. The normalized spacial score (nSPS) is 17.4. The van der Waals surface area contributed by atoms with Gasteiger partial charge in [-0.25, -0.2) is 4.98 Å². The molecule has 7 nitrogen and oxygen atoms in total. The Bertz CT molecular complexity index is 829. The fourth-order valence-corrected chi connectivity index (χ4v) is 4.51. The number of aromatic nitrogens is 3. The van der Waals surface area contributed by atoms with Gasteiger partial charge < -0.3 is 10.2 Å². The zero-order chi connectivity index (χ0) is 19.3. The van der Waals surface area contributed by atoms with Gasteiger partial charge >= 0.3 is 0 Å². The fourth-order valence-electron chi connectivity index (χ4n) is 3.89. The molecule has 0 bridgehead atoms. The number of nitrogens with one attached hydrogen (secondary N) is 2. The number of carbonyl (C=O) groups excluding carboxylic acids is 2. The molecule has 0 atom stereocenters. The lowest BCUT2D eigenvalue weighted by Crippen LogP contribution is -2.23. The van der Waals surface area contributed by atoms with Crippen LogP contribution in [-0.4, -0.2) is 39.3 Å². The molecule has 8 heteroatoms. The number of benzene rings is 1. The SMILES string of the molecule is O=C(CSc1n[nH]c(CC2CCCC2)n1)Nc1ccc(N2CCCC2=O)cc1. The summed E-state index contributed by atoms with van der Waals surface area (Å²) in [5.41, 5.74) is 1.60. The van der Waals surface area contributed by atoms with Crippen molar-refractivity contribution in [3.63, 3.8) is 0 Å². The zero-order valence-corrected chi connectivity index (χ0v) is 16.6. The maximum Gasteiger partial charge on any atom is 0.234 e. The van der Waals surface area contributed by atoms with Crippen molar-refractivity contribution < 1.29 is 9.59 Å². The van der Waals surface area contributed by atoms with Gasteiger partial charge in [0.25, 0.3) is 0 Å². The first-order chi connectivity index (χ1) is 13.7. The van der Waals surface area contributed by atoms with Gasteiger partial charge in [0, 0.05) is 30.8 Å². The molecule has 4 rings (SSSR count). The van der Waals surface area contributed by atoms with Crippen molar-refractivity contribution in [3.05, 3.63) is 30.1 Å². The second kappa shape index (κ2) is 8.77. The lowest BCUT2D eigenvalue weighted by atomic mass is 10.0. The molecule has 1 aromatic heterocycles. The fraction of sp³-hybridized carbons (Fsp3) is 0.500. The Morgan fingerprint density at radius 3 is 2.71 bits per heavy atom. The topological polar surface area (TPSA) is 91.0 Å². The highest BCUT2D eigenvalue weighted by Gasteiger charge is 2.21. The maximum atomic E-state index is 12.2. The van der Waals surface area contributed by atoms with Crippen LogP contribution in [0.25, 0.3) is 0 Å². The molecule has 148 valence electrons. The summed E-state index contributed by atoms with van der Waals surface area (Å²) in [6, 6.07) is 7.40. The quantitative estimate of drug-likeness (QED) is 0.697. The minimum Gasteiger partial charge on any atom is -0.325 e. The van der Waals surface area contributed by atoms with E-state index in [1.165, 1.54) is 37.4 Å². The van der Waals surface area contributed by atoms with E-state index in [1.54, 1.807) is 4.90 Å². The molecule has 2 fully saturated rings. The Morgan fingerprint density at radius 2 is 2.00 bits per heavy atom. The highest BCUT2D eigenvalue weighted by atomic mass is 32.2. The Morgan fingerprint density at radius 1 is 1.21 bits per heavy atom. The van der Waals surface area contributed by atoms with Crippen LogP contribution in [0, 0.1) is 5.92 Å². The summed E-state index contributed by atoms with van der Waals surface area (Å²) in [4.78, 5) is 30.3. The summed E-state index contributed by atoms with van der Waals surface area (Å²) in [5, 5.41) is 10.7.